The molecule has 0 atom stereocenters. The Bertz CT molecular complexity index is 1150. The average Bonchev–Trinajstić information content (AvgIpc) is 2.76. The minimum Gasteiger partial charge on any atom is -0.478 e. The van der Waals surface area contributed by atoms with Gasteiger partial charge in [-0.2, -0.15) is 0 Å². The van der Waals surface area contributed by atoms with Gasteiger partial charge in [0.15, 0.2) is 0 Å². The topological polar surface area (TPSA) is 235 Å². The second kappa shape index (κ2) is 10.9. The Morgan fingerprint density at radius 1 is 0.514 bits per heavy atom. The molecule has 0 fully saturated rings. The lowest BCUT2D eigenvalue weighted by atomic mass is 9.90. The molecule has 12 nitrogen and oxygen atoms in total. The highest BCUT2D eigenvalue weighted by molar-refractivity contribution is 6.08. The van der Waals surface area contributed by atoms with Crippen LogP contribution in [0.15, 0.2) is 24.3 Å². The van der Waals surface area contributed by atoms with Crippen molar-refractivity contribution in [3.63, 3.8) is 0 Å². The van der Waals surface area contributed by atoms with Gasteiger partial charge in [0.25, 0.3) is 0 Å². The van der Waals surface area contributed by atoms with E-state index >= 15 is 0 Å². The third-order valence-corrected chi connectivity index (χ3v) is 5.40. The lowest BCUT2D eigenvalue weighted by molar-refractivity contribution is 0.0672. The molecule has 184 valence electrons. The van der Waals surface area contributed by atoms with Crippen molar-refractivity contribution in [3.8, 4) is 0 Å². The zero-order chi connectivity index (χ0) is 26.4. The molecule has 2 aromatic rings. The van der Waals surface area contributed by atoms with Gasteiger partial charge in [0, 0.05) is 0 Å². The van der Waals surface area contributed by atoms with E-state index in [1.165, 1.54) is 0 Å². The van der Waals surface area contributed by atoms with Crippen LogP contribution in [0.3, 0.4) is 0 Å². The average molecular weight is 486 g/mol. The van der Waals surface area contributed by atoms with Crippen LogP contribution < -0.4 is 11.5 Å². The zero-order valence-electron chi connectivity index (χ0n) is 18.2. The highest BCUT2D eigenvalue weighted by atomic mass is 16.4. The molecular formula is C23H22N2O10. The number of primary amides is 2. The van der Waals surface area contributed by atoms with Crippen LogP contribution in [0.25, 0.3) is 0 Å². The lowest BCUT2D eigenvalue weighted by Crippen LogP contribution is -2.20. The van der Waals surface area contributed by atoms with Crippen LogP contribution in [0.5, 0.6) is 0 Å². The van der Waals surface area contributed by atoms with Gasteiger partial charge < -0.3 is 31.9 Å². The Morgan fingerprint density at radius 2 is 0.829 bits per heavy atom. The molecule has 0 spiro atoms. The molecule has 2 amide bonds. The first-order chi connectivity index (χ1) is 16.4. The number of carbonyl (C=O) groups excluding carboxylic acids is 2. The molecule has 2 aromatic carbocycles. The summed E-state index contributed by atoms with van der Waals surface area (Å²) in [6.07, 6.45) is 0.649. The molecule has 0 aliphatic heterocycles. The maximum absolute atomic E-state index is 11.7. The molecule has 8 N–H and O–H groups in total. The Kier molecular flexibility index (Phi) is 8.27. The summed E-state index contributed by atoms with van der Waals surface area (Å²) < 4.78 is 0. The Hall–Kier alpha value is -4.74. The predicted octanol–water partition coefficient (Wildman–Crippen LogP) is 1.63. The van der Waals surface area contributed by atoms with Crippen LogP contribution >= 0.6 is 0 Å². The van der Waals surface area contributed by atoms with E-state index in [1.807, 2.05) is 0 Å². The van der Waals surface area contributed by atoms with Gasteiger partial charge in [-0.3, -0.25) is 9.59 Å². The number of hydrogen-bond acceptors (Lipinski definition) is 6. The van der Waals surface area contributed by atoms with Crippen LogP contribution in [0.2, 0.25) is 0 Å². The van der Waals surface area contributed by atoms with Crippen LogP contribution in [0.1, 0.15) is 92.5 Å². The van der Waals surface area contributed by atoms with Crippen molar-refractivity contribution in [1.29, 1.82) is 0 Å². The summed E-state index contributed by atoms with van der Waals surface area (Å²) in [4.78, 5) is 69.9. The number of amides is 2. The molecule has 0 aliphatic rings. The molecular weight excluding hydrogens is 464 g/mol. The number of benzene rings is 2. The minimum absolute atomic E-state index is 0.0523. The second-order valence-corrected chi connectivity index (χ2v) is 7.54. The molecule has 0 unspecified atom stereocenters. The van der Waals surface area contributed by atoms with E-state index in [1.54, 1.807) is 0 Å². The van der Waals surface area contributed by atoms with Crippen LogP contribution in [-0.2, 0) is 12.8 Å². The third kappa shape index (κ3) is 5.79. The number of hydrogen-bond donors (Lipinski definition) is 6. The third-order valence-electron chi connectivity index (χ3n) is 5.40. The van der Waals surface area contributed by atoms with E-state index in [0.717, 1.165) is 24.3 Å². The van der Waals surface area contributed by atoms with E-state index in [9.17, 15) is 49.2 Å². The van der Waals surface area contributed by atoms with Crippen molar-refractivity contribution in [3.05, 3.63) is 68.8 Å². The summed E-state index contributed by atoms with van der Waals surface area (Å²) in [5, 5.41) is 37.9. The summed E-state index contributed by atoms with van der Waals surface area (Å²) in [7, 11) is 0. The maximum Gasteiger partial charge on any atom is 0.336 e. The summed E-state index contributed by atoms with van der Waals surface area (Å²) in [5.74, 6) is -7.87. The van der Waals surface area contributed by atoms with Gasteiger partial charge in [-0.05, 0) is 61.1 Å². The zero-order valence-corrected chi connectivity index (χ0v) is 18.2. The molecule has 0 radical (unpaired) electrons. The molecule has 0 heterocycles. The van der Waals surface area contributed by atoms with Crippen molar-refractivity contribution >= 4 is 35.7 Å². The number of aromatic carboxylic acids is 4. The summed E-state index contributed by atoms with van der Waals surface area (Å²) in [6, 6.07) is 4.26. The van der Waals surface area contributed by atoms with E-state index in [0.29, 0.717) is 6.42 Å². The molecule has 0 aliphatic carbocycles. The van der Waals surface area contributed by atoms with E-state index in [4.69, 9.17) is 11.5 Å². The van der Waals surface area contributed by atoms with Crippen molar-refractivity contribution < 1.29 is 49.2 Å². The van der Waals surface area contributed by atoms with Crippen molar-refractivity contribution in [2.45, 2.75) is 32.1 Å². The van der Waals surface area contributed by atoms with Gasteiger partial charge in [-0.1, -0.05) is 6.42 Å². The van der Waals surface area contributed by atoms with Crippen molar-refractivity contribution in [2.24, 2.45) is 11.5 Å². The molecule has 0 aromatic heterocycles. The molecule has 0 bridgehead atoms. The standard InChI is InChI=1S/C23H22N2O10/c24-18(26)14-8-6-12(20(28)29)10(16(14)22(32)33)4-2-1-3-5-11-13(21(30)31)7-9-15(19(25)27)17(11)23(34)35/h6-9H,1-5H2,(H2,24,26)(H2,25,27)(H,28,29)(H,30,31)(H,32,33)(H,34,35). The number of carbonyl (C=O) groups is 6. The van der Waals surface area contributed by atoms with Gasteiger partial charge in [-0.15, -0.1) is 0 Å². The minimum atomic E-state index is -1.52. The van der Waals surface area contributed by atoms with Crippen LogP contribution in [0, 0.1) is 0 Å². The fourth-order valence-corrected chi connectivity index (χ4v) is 3.90. The normalized spacial score (nSPS) is 10.5. The monoisotopic (exact) mass is 486 g/mol. The van der Waals surface area contributed by atoms with Crippen LogP contribution in [-0.4, -0.2) is 56.1 Å². The lowest BCUT2D eigenvalue weighted by Gasteiger charge is -2.14. The van der Waals surface area contributed by atoms with Gasteiger partial charge >= 0.3 is 23.9 Å². The number of nitrogens with two attached hydrogens (primary N) is 2. The quantitative estimate of drug-likeness (QED) is 0.237. The van der Waals surface area contributed by atoms with Crippen molar-refractivity contribution in [2.75, 3.05) is 0 Å². The first-order valence-corrected chi connectivity index (χ1v) is 10.2. The number of carboxylic acid groups (broad SMARTS) is 4. The van der Waals surface area contributed by atoms with Gasteiger partial charge in [0.1, 0.15) is 0 Å². The number of unbranched alkanes of at least 4 members (excludes halogenated alkanes) is 2. The van der Waals surface area contributed by atoms with E-state index in [2.05, 4.69) is 0 Å². The summed E-state index contributed by atoms with van der Waals surface area (Å²) in [6.45, 7) is 0. The molecule has 35 heavy (non-hydrogen) atoms. The predicted molar refractivity (Wildman–Crippen MR) is 119 cm³/mol. The fourth-order valence-electron chi connectivity index (χ4n) is 3.90. The highest BCUT2D eigenvalue weighted by Gasteiger charge is 2.26. The molecule has 0 saturated carbocycles. The Balaban J connectivity index is 2.30. The number of carboxylic acids is 4. The Labute approximate surface area is 197 Å². The smallest absolute Gasteiger partial charge is 0.336 e. The van der Waals surface area contributed by atoms with Gasteiger partial charge in [-0.25, -0.2) is 19.2 Å². The molecule has 0 saturated heterocycles. The largest absolute Gasteiger partial charge is 0.478 e. The SMILES string of the molecule is NC(=O)c1ccc(C(=O)O)c(CCCCCc2c(C(=O)O)ccc(C(N)=O)c2C(=O)O)c1C(=O)O. The summed E-state index contributed by atoms with van der Waals surface area (Å²) >= 11 is 0. The van der Waals surface area contributed by atoms with E-state index < -0.39 is 46.8 Å². The maximum atomic E-state index is 11.7. The fraction of sp³-hybridized carbons (Fsp3) is 0.217. The first-order valence-electron chi connectivity index (χ1n) is 10.2. The van der Waals surface area contributed by atoms with Crippen LogP contribution in [0.4, 0.5) is 0 Å². The molecule has 2 rings (SSSR count). The molecule has 12 heteroatoms. The van der Waals surface area contributed by atoms with E-state index in [-0.39, 0.29) is 59.1 Å². The highest BCUT2D eigenvalue weighted by Crippen LogP contribution is 2.25. The summed E-state index contributed by atoms with van der Waals surface area (Å²) in [5.41, 5.74) is 7.97. The second-order valence-electron chi connectivity index (χ2n) is 7.54. The van der Waals surface area contributed by atoms with Gasteiger partial charge in [0.2, 0.25) is 11.8 Å². The van der Waals surface area contributed by atoms with Gasteiger partial charge in [0.05, 0.1) is 33.4 Å². The number of rotatable bonds is 12. The first kappa shape index (κ1) is 26.5. The van der Waals surface area contributed by atoms with Crippen molar-refractivity contribution in [1.82, 2.24) is 0 Å². The Morgan fingerprint density at radius 3 is 1.09 bits per heavy atom.